The van der Waals surface area contributed by atoms with Gasteiger partial charge >= 0.3 is 0 Å². The predicted octanol–water partition coefficient (Wildman–Crippen LogP) is 0.0680. The molecule has 17 heavy (non-hydrogen) atoms. The van der Waals surface area contributed by atoms with Crippen LogP contribution in [0.2, 0.25) is 0 Å². The summed E-state index contributed by atoms with van der Waals surface area (Å²) in [5.41, 5.74) is -0.0261. The number of hydrogen-bond donors (Lipinski definition) is 3. The summed E-state index contributed by atoms with van der Waals surface area (Å²) in [6.45, 7) is 1.34. The molecule has 0 heterocycles. The lowest BCUT2D eigenvalue weighted by Gasteiger charge is -2.35. The highest BCUT2D eigenvalue weighted by atomic mass is 32.2. The van der Waals surface area contributed by atoms with Gasteiger partial charge in [-0.25, -0.2) is 13.1 Å². The summed E-state index contributed by atoms with van der Waals surface area (Å²) in [6, 6.07) is 0. The van der Waals surface area contributed by atoms with E-state index in [1.807, 2.05) is 0 Å². The quantitative estimate of drug-likeness (QED) is 0.569. The highest BCUT2D eigenvalue weighted by Gasteiger charge is 2.30. The second-order valence-electron chi connectivity index (χ2n) is 4.92. The van der Waals surface area contributed by atoms with Crippen LogP contribution in [0.4, 0.5) is 0 Å². The van der Waals surface area contributed by atoms with Crippen molar-refractivity contribution in [2.75, 3.05) is 32.5 Å². The fourth-order valence-electron chi connectivity index (χ4n) is 2.35. The SMILES string of the molecule is CNS(=O)(=O)CCNCC1(CO)CCCCC1. The van der Waals surface area contributed by atoms with E-state index in [1.165, 1.54) is 13.5 Å². The van der Waals surface area contributed by atoms with Crippen molar-refractivity contribution in [2.45, 2.75) is 32.1 Å². The Hall–Kier alpha value is -0.170. The Morgan fingerprint density at radius 2 is 1.88 bits per heavy atom. The van der Waals surface area contributed by atoms with Gasteiger partial charge in [0.1, 0.15) is 0 Å². The van der Waals surface area contributed by atoms with Crippen LogP contribution in [0.5, 0.6) is 0 Å². The molecule has 0 aromatic heterocycles. The summed E-state index contributed by atoms with van der Waals surface area (Å²) < 4.78 is 24.7. The first-order valence-electron chi connectivity index (χ1n) is 6.26. The number of rotatable bonds is 7. The Balaban J connectivity index is 2.29. The number of nitrogens with one attached hydrogen (secondary N) is 2. The maximum absolute atomic E-state index is 11.2. The van der Waals surface area contributed by atoms with Crippen LogP contribution in [0.25, 0.3) is 0 Å². The van der Waals surface area contributed by atoms with E-state index < -0.39 is 10.0 Å². The third-order valence-electron chi connectivity index (χ3n) is 3.61. The lowest BCUT2D eigenvalue weighted by molar-refractivity contribution is 0.0820. The van der Waals surface area contributed by atoms with Crippen LogP contribution in [0.3, 0.4) is 0 Å². The summed E-state index contributed by atoms with van der Waals surface area (Å²) in [5, 5.41) is 12.6. The van der Waals surface area contributed by atoms with Crippen LogP contribution >= 0.6 is 0 Å². The normalized spacial score (nSPS) is 20.4. The molecular formula is C11H24N2O3S. The lowest BCUT2D eigenvalue weighted by Crippen LogP contribution is -2.41. The van der Waals surface area contributed by atoms with Gasteiger partial charge < -0.3 is 10.4 Å². The minimum atomic E-state index is -3.12. The second-order valence-corrected chi connectivity index (χ2v) is 6.96. The van der Waals surface area contributed by atoms with Crippen LogP contribution in [-0.4, -0.2) is 46.0 Å². The van der Waals surface area contributed by atoms with E-state index in [9.17, 15) is 13.5 Å². The smallest absolute Gasteiger partial charge is 0.212 e. The van der Waals surface area contributed by atoms with Gasteiger partial charge in [0.25, 0.3) is 0 Å². The predicted molar refractivity (Wildman–Crippen MR) is 68.3 cm³/mol. The van der Waals surface area contributed by atoms with Crippen molar-refractivity contribution in [3.63, 3.8) is 0 Å². The average Bonchev–Trinajstić information content (AvgIpc) is 2.36. The van der Waals surface area contributed by atoms with Gasteiger partial charge in [-0.15, -0.1) is 0 Å². The van der Waals surface area contributed by atoms with Gasteiger partial charge in [0.05, 0.1) is 5.75 Å². The van der Waals surface area contributed by atoms with E-state index in [0.29, 0.717) is 13.1 Å². The van der Waals surface area contributed by atoms with Crippen LogP contribution in [0.1, 0.15) is 32.1 Å². The molecule has 5 nitrogen and oxygen atoms in total. The van der Waals surface area contributed by atoms with Crippen LogP contribution < -0.4 is 10.0 Å². The number of aliphatic hydroxyl groups is 1. The zero-order valence-corrected chi connectivity index (χ0v) is 11.4. The van der Waals surface area contributed by atoms with Gasteiger partial charge in [-0.05, 0) is 19.9 Å². The molecule has 0 spiro atoms. The van der Waals surface area contributed by atoms with E-state index in [-0.39, 0.29) is 17.8 Å². The van der Waals surface area contributed by atoms with E-state index in [1.54, 1.807) is 0 Å². The van der Waals surface area contributed by atoms with Crippen molar-refractivity contribution in [3.05, 3.63) is 0 Å². The van der Waals surface area contributed by atoms with E-state index in [4.69, 9.17) is 0 Å². The summed E-state index contributed by atoms with van der Waals surface area (Å²) in [6.07, 6.45) is 5.65. The summed E-state index contributed by atoms with van der Waals surface area (Å²) in [5.74, 6) is 0.0883. The second kappa shape index (κ2) is 6.68. The molecule has 0 unspecified atom stereocenters. The molecule has 0 aromatic carbocycles. The van der Waals surface area contributed by atoms with Crippen molar-refractivity contribution >= 4 is 10.0 Å². The topological polar surface area (TPSA) is 78.4 Å². The molecule has 3 N–H and O–H groups in total. The Labute approximate surface area is 104 Å². The fraction of sp³-hybridized carbons (Fsp3) is 1.00. The maximum Gasteiger partial charge on any atom is 0.212 e. The highest BCUT2D eigenvalue weighted by Crippen LogP contribution is 2.35. The molecule has 0 radical (unpaired) electrons. The van der Waals surface area contributed by atoms with Gasteiger partial charge in [-0.3, -0.25) is 0 Å². The highest BCUT2D eigenvalue weighted by molar-refractivity contribution is 7.89. The Morgan fingerprint density at radius 1 is 1.24 bits per heavy atom. The van der Waals surface area contributed by atoms with E-state index in [0.717, 1.165) is 25.7 Å². The van der Waals surface area contributed by atoms with Gasteiger partial charge in [0, 0.05) is 25.1 Å². The zero-order chi connectivity index (χ0) is 12.8. The van der Waals surface area contributed by atoms with Crippen molar-refractivity contribution in [1.82, 2.24) is 10.0 Å². The first-order chi connectivity index (χ1) is 8.04. The maximum atomic E-state index is 11.2. The summed E-state index contributed by atoms with van der Waals surface area (Å²) in [4.78, 5) is 0. The minimum Gasteiger partial charge on any atom is -0.396 e. The Morgan fingerprint density at radius 3 is 2.41 bits per heavy atom. The van der Waals surface area contributed by atoms with Crippen molar-refractivity contribution in [2.24, 2.45) is 5.41 Å². The molecule has 1 saturated carbocycles. The third kappa shape index (κ3) is 4.91. The minimum absolute atomic E-state index is 0.0261. The number of aliphatic hydroxyl groups excluding tert-OH is 1. The number of hydrogen-bond acceptors (Lipinski definition) is 4. The first kappa shape index (κ1) is 14.9. The Bertz CT molecular complexity index is 311. The van der Waals surface area contributed by atoms with Gasteiger partial charge in [0.15, 0.2) is 0 Å². The lowest BCUT2D eigenvalue weighted by atomic mass is 9.74. The molecular weight excluding hydrogens is 240 g/mol. The standard InChI is InChI=1S/C11H24N2O3S/c1-12-17(15,16)8-7-13-9-11(10-14)5-3-2-4-6-11/h12-14H,2-10H2,1H3. The van der Waals surface area contributed by atoms with Gasteiger partial charge in [0.2, 0.25) is 10.0 Å². The molecule has 0 atom stereocenters. The van der Waals surface area contributed by atoms with Crippen LogP contribution in [-0.2, 0) is 10.0 Å². The van der Waals surface area contributed by atoms with Crippen molar-refractivity contribution < 1.29 is 13.5 Å². The molecule has 1 aliphatic rings. The molecule has 0 bridgehead atoms. The first-order valence-corrected chi connectivity index (χ1v) is 7.92. The molecule has 1 fully saturated rings. The summed E-state index contributed by atoms with van der Waals surface area (Å²) >= 11 is 0. The van der Waals surface area contributed by atoms with Gasteiger partial charge in [-0.2, -0.15) is 0 Å². The largest absolute Gasteiger partial charge is 0.396 e. The molecule has 1 rings (SSSR count). The Kier molecular flexibility index (Phi) is 5.85. The monoisotopic (exact) mass is 264 g/mol. The zero-order valence-electron chi connectivity index (χ0n) is 10.5. The van der Waals surface area contributed by atoms with E-state index >= 15 is 0 Å². The molecule has 0 aromatic rings. The molecule has 0 amide bonds. The molecule has 0 saturated heterocycles. The molecule has 1 aliphatic carbocycles. The third-order valence-corrected chi connectivity index (χ3v) is 4.97. The fourth-order valence-corrected chi connectivity index (χ4v) is 2.97. The van der Waals surface area contributed by atoms with Crippen molar-refractivity contribution in [3.8, 4) is 0 Å². The molecule has 102 valence electrons. The van der Waals surface area contributed by atoms with Gasteiger partial charge in [-0.1, -0.05) is 19.3 Å². The van der Waals surface area contributed by atoms with Crippen molar-refractivity contribution in [1.29, 1.82) is 0 Å². The average molecular weight is 264 g/mol. The van der Waals surface area contributed by atoms with Crippen LogP contribution in [0, 0.1) is 5.41 Å². The van der Waals surface area contributed by atoms with E-state index in [2.05, 4.69) is 10.0 Å². The summed E-state index contributed by atoms with van der Waals surface area (Å²) in [7, 11) is -1.70. The molecule has 6 heteroatoms. The molecule has 0 aliphatic heterocycles. The number of sulfonamides is 1. The van der Waals surface area contributed by atoms with Crippen LogP contribution in [0.15, 0.2) is 0 Å².